The largest absolute Gasteiger partial charge is 0.381 e. The molecule has 1 amide bonds. The minimum atomic E-state index is -0.0361. The van der Waals surface area contributed by atoms with Crippen LogP contribution in [0.3, 0.4) is 0 Å². The van der Waals surface area contributed by atoms with Gasteiger partial charge in [0.2, 0.25) is 0 Å². The van der Waals surface area contributed by atoms with E-state index >= 15 is 0 Å². The molecule has 0 spiro atoms. The summed E-state index contributed by atoms with van der Waals surface area (Å²) in [6.45, 7) is 11.5. The summed E-state index contributed by atoms with van der Waals surface area (Å²) in [5, 5.41) is 9.64. The molecule has 32 heavy (non-hydrogen) atoms. The zero-order valence-corrected chi connectivity index (χ0v) is 22.2. The first-order valence-electron chi connectivity index (χ1n) is 11.7. The van der Waals surface area contributed by atoms with Crippen LogP contribution in [0.2, 0.25) is 0 Å². The molecule has 1 aromatic carbocycles. The molecule has 7 nitrogen and oxygen atoms in total. The molecule has 1 saturated heterocycles. The number of halogens is 1. The van der Waals surface area contributed by atoms with Gasteiger partial charge in [-0.1, -0.05) is 19.1 Å². The minimum Gasteiger partial charge on any atom is -0.381 e. The number of hydrogen-bond donors (Lipinski definition) is 3. The molecule has 1 aromatic rings. The number of nitrogens with zero attached hydrogens (tertiary/aromatic N) is 1. The number of aliphatic imine (C=N–C) groups is 1. The van der Waals surface area contributed by atoms with Gasteiger partial charge >= 0.3 is 0 Å². The van der Waals surface area contributed by atoms with Crippen molar-refractivity contribution in [2.24, 2.45) is 10.9 Å². The summed E-state index contributed by atoms with van der Waals surface area (Å²) in [4.78, 5) is 17.0. The second-order valence-electron chi connectivity index (χ2n) is 8.09. The maximum Gasteiger partial charge on any atom is 0.251 e. The second-order valence-corrected chi connectivity index (χ2v) is 8.09. The third-order valence-corrected chi connectivity index (χ3v) is 5.40. The summed E-state index contributed by atoms with van der Waals surface area (Å²) in [6.07, 6.45) is 4.05. The first-order valence-corrected chi connectivity index (χ1v) is 11.7. The molecule has 3 N–H and O–H groups in total. The Morgan fingerprint density at radius 3 is 2.75 bits per heavy atom. The van der Waals surface area contributed by atoms with Crippen LogP contribution in [0.4, 0.5) is 0 Å². The van der Waals surface area contributed by atoms with Crippen molar-refractivity contribution in [3.8, 4) is 0 Å². The molecule has 182 valence electrons. The lowest BCUT2D eigenvalue weighted by atomic mass is 10.0. The molecule has 1 aliphatic heterocycles. The molecular weight excluding hydrogens is 519 g/mol. The lowest BCUT2D eigenvalue weighted by Crippen LogP contribution is -2.38. The summed E-state index contributed by atoms with van der Waals surface area (Å²) in [6, 6.07) is 7.83. The Hall–Kier alpha value is -1.39. The first-order chi connectivity index (χ1) is 15.1. The number of hydrogen-bond acceptors (Lipinski definition) is 4. The number of ether oxygens (including phenoxy) is 2. The van der Waals surface area contributed by atoms with Crippen LogP contribution in [0.1, 0.15) is 62.4 Å². The highest BCUT2D eigenvalue weighted by molar-refractivity contribution is 14.0. The maximum absolute atomic E-state index is 12.3. The monoisotopic (exact) mass is 560 g/mol. The summed E-state index contributed by atoms with van der Waals surface area (Å²) in [7, 11) is 0. The molecule has 8 heteroatoms. The van der Waals surface area contributed by atoms with Gasteiger partial charge in [0.25, 0.3) is 5.91 Å². The van der Waals surface area contributed by atoms with Gasteiger partial charge < -0.3 is 25.4 Å². The Bertz CT molecular complexity index is 681. The van der Waals surface area contributed by atoms with Crippen LogP contribution in [0.15, 0.2) is 29.3 Å². The van der Waals surface area contributed by atoms with Crippen LogP contribution >= 0.6 is 24.0 Å². The highest BCUT2D eigenvalue weighted by Crippen LogP contribution is 2.14. The molecule has 0 aromatic heterocycles. The fraction of sp³-hybridized carbons (Fsp3) is 0.667. The van der Waals surface area contributed by atoms with Crippen LogP contribution in [0.25, 0.3) is 0 Å². The lowest BCUT2D eigenvalue weighted by Gasteiger charge is -2.21. The lowest BCUT2D eigenvalue weighted by molar-refractivity contribution is 0.0203. The molecule has 1 aliphatic rings. The van der Waals surface area contributed by atoms with Crippen molar-refractivity contribution in [2.75, 3.05) is 39.5 Å². The molecule has 1 fully saturated rings. The smallest absolute Gasteiger partial charge is 0.251 e. The van der Waals surface area contributed by atoms with Crippen molar-refractivity contribution in [2.45, 2.75) is 59.0 Å². The Morgan fingerprint density at radius 1 is 1.25 bits per heavy atom. The molecule has 1 atom stereocenters. The van der Waals surface area contributed by atoms with Crippen molar-refractivity contribution in [3.63, 3.8) is 0 Å². The molecule has 0 saturated carbocycles. The van der Waals surface area contributed by atoms with Gasteiger partial charge in [0.15, 0.2) is 5.96 Å². The van der Waals surface area contributed by atoms with E-state index in [1.165, 1.54) is 0 Å². The van der Waals surface area contributed by atoms with Gasteiger partial charge in [-0.05, 0) is 63.1 Å². The molecule has 1 unspecified atom stereocenters. The van der Waals surface area contributed by atoms with E-state index in [9.17, 15) is 4.79 Å². The fourth-order valence-electron chi connectivity index (χ4n) is 3.28. The average Bonchev–Trinajstić information content (AvgIpc) is 2.80. The molecule has 1 heterocycles. The Morgan fingerprint density at radius 2 is 2.03 bits per heavy atom. The summed E-state index contributed by atoms with van der Waals surface area (Å²) in [5.74, 6) is 1.39. The van der Waals surface area contributed by atoms with Crippen LogP contribution in [-0.2, 0) is 16.0 Å². The number of nitrogens with one attached hydrogen (secondary N) is 3. The highest BCUT2D eigenvalue weighted by Gasteiger charge is 2.13. The highest BCUT2D eigenvalue weighted by atomic mass is 127. The van der Waals surface area contributed by atoms with E-state index in [-0.39, 0.29) is 35.9 Å². The molecule has 0 radical (unpaired) electrons. The van der Waals surface area contributed by atoms with E-state index in [0.717, 1.165) is 76.7 Å². The van der Waals surface area contributed by atoms with Gasteiger partial charge in [0.05, 0.1) is 6.54 Å². The fourth-order valence-corrected chi connectivity index (χ4v) is 3.28. The third kappa shape index (κ3) is 11.5. The zero-order chi connectivity index (χ0) is 22.3. The summed E-state index contributed by atoms with van der Waals surface area (Å²) >= 11 is 0. The van der Waals surface area contributed by atoms with E-state index in [0.29, 0.717) is 18.0 Å². The standard InChI is InChI=1S/C24H40N4O3.HI/c1-4-19(3)28-23(29)22-9-6-8-21(16-22)17-27-24(25-5-2)26-12-7-13-31-18-20-10-14-30-15-11-20;/h6,8-9,16,19-20H,4-5,7,10-15,17-18H2,1-3H3,(H,28,29)(H2,25,26,27);1H. The average molecular weight is 561 g/mol. The molecule has 2 rings (SSSR count). The first kappa shape index (κ1) is 28.6. The molecular formula is C24H41IN4O3. The van der Waals surface area contributed by atoms with Crippen molar-refractivity contribution >= 4 is 35.8 Å². The topological polar surface area (TPSA) is 84.0 Å². The summed E-state index contributed by atoms with van der Waals surface area (Å²) in [5.41, 5.74) is 1.68. The SMILES string of the molecule is CCNC(=NCc1cccc(C(=O)NC(C)CC)c1)NCCCOCC1CCOCC1.I. The Kier molecular flexibility index (Phi) is 15.3. The number of carbonyl (C=O) groups is 1. The molecule has 0 aliphatic carbocycles. The number of guanidine groups is 1. The van der Waals surface area contributed by atoms with Crippen LogP contribution < -0.4 is 16.0 Å². The summed E-state index contributed by atoms with van der Waals surface area (Å²) < 4.78 is 11.2. The zero-order valence-electron chi connectivity index (χ0n) is 19.8. The normalized spacial score (nSPS) is 15.5. The quantitative estimate of drug-likeness (QED) is 0.157. The van der Waals surface area contributed by atoms with Gasteiger partial charge in [-0.25, -0.2) is 4.99 Å². The van der Waals surface area contributed by atoms with Crippen molar-refractivity contribution < 1.29 is 14.3 Å². The van der Waals surface area contributed by atoms with E-state index in [4.69, 9.17) is 9.47 Å². The Labute approximate surface area is 210 Å². The van der Waals surface area contributed by atoms with Gasteiger partial charge in [0.1, 0.15) is 0 Å². The third-order valence-electron chi connectivity index (χ3n) is 5.40. The number of carbonyl (C=O) groups excluding carboxylic acids is 1. The van der Waals surface area contributed by atoms with Gasteiger partial charge in [-0.2, -0.15) is 0 Å². The van der Waals surface area contributed by atoms with E-state index in [2.05, 4.69) is 27.9 Å². The van der Waals surface area contributed by atoms with E-state index < -0.39 is 0 Å². The predicted molar refractivity (Wildman–Crippen MR) is 141 cm³/mol. The van der Waals surface area contributed by atoms with Crippen LogP contribution in [-0.4, -0.2) is 57.4 Å². The van der Waals surface area contributed by atoms with Crippen molar-refractivity contribution in [1.82, 2.24) is 16.0 Å². The van der Waals surface area contributed by atoms with Gasteiger partial charge in [-0.3, -0.25) is 4.79 Å². The van der Waals surface area contributed by atoms with Gasteiger partial charge in [-0.15, -0.1) is 24.0 Å². The number of amides is 1. The van der Waals surface area contributed by atoms with Gasteiger partial charge in [0, 0.05) is 51.1 Å². The minimum absolute atomic E-state index is 0. The van der Waals surface area contributed by atoms with Crippen LogP contribution in [0.5, 0.6) is 0 Å². The van der Waals surface area contributed by atoms with Crippen molar-refractivity contribution in [1.29, 1.82) is 0 Å². The van der Waals surface area contributed by atoms with E-state index in [1.807, 2.05) is 38.1 Å². The molecule has 0 bridgehead atoms. The van der Waals surface area contributed by atoms with Crippen molar-refractivity contribution in [3.05, 3.63) is 35.4 Å². The van der Waals surface area contributed by atoms with Crippen LogP contribution in [0, 0.1) is 5.92 Å². The van der Waals surface area contributed by atoms with E-state index in [1.54, 1.807) is 0 Å². The predicted octanol–water partition coefficient (Wildman–Crippen LogP) is 3.72. The maximum atomic E-state index is 12.3. The second kappa shape index (κ2) is 17.1. The number of benzene rings is 1. The number of rotatable bonds is 12. The Balaban J connectivity index is 0.00000512.